The summed E-state index contributed by atoms with van der Waals surface area (Å²) in [7, 11) is 0. The van der Waals surface area contributed by atoms with Crippen LogP contribution in [0.2, 0.25) is 0 Å². The van der Waals surface area contributed by atoms with E-state index in [0.29, 0.717) is 31.0 Å². The summed E-state index contributed by atoms with van der Waals surface area (Å²) in [6.45, 7) is 0.888. The Balaban J connectivity index is 1.58. The molecule has 6 nitrogen and oxygen atoms in total. The zero-order valence-corrected chi connectivity index (χ0v) is 13.0. The lowest BCUT2D eigenvalue weighted by molar-refractivity contribution is -0.274. The van der Waals surface area contributed by atoms with E-state index >= 15 is 0 Å². The predicted octanol–water partition coefficient (Wildman–Crippen LogP) is 2.73. The summed E-state index contributed by atoms with van der Waals surface area (Å²) < 4.78 is 53.5. The van der Waals surface area contributed by atoms with Crippen molar-refractivity contribution >= 4 is 17.6 Å². The number of carbonyl (C=O) groups excluding carboxylic acids is 1. The van der Waals surface area contributed by atoms with Crippen LogP contribution < -0.4 is 9.47 Å². The highest BCUT2D eigenvalue weighted by Gasteiger charge is 2.32. The molecule has 1 fully saturated rings. The molecule has 0 radical (unpaired) electrons. The van der Waals surface area contributed by atoms with Gasteiger partial charge >= 0.3 is 6.36 Å². The second-order valence-corrected chi connectivity index (χ2v) is 5.65. The molecule has 1 aromatic carbocycles. The number of likely N-dealkylation sites (tertiary alicyclic amines) is 1. The highest BCUT2D eigenvalue weighted by Crippen LogP contribution is 2.24. The van der Waals surface area contributed by atoms with E-state index in [9.17, 15) is 18.0 Å². The number of halogens is 3. The standard InChI is InChI=1S/C14H12F3N3O3S/c15-14(16,17)23-10-3-1-9(2-4-10)13(21)20-6-5-11(8-20)22-12-7-18-24-19-12/h1-4,7,11H,5-6,8H2. The van der Waals surface area contributed by atoms with Crippen molar-refractivity contribution in [1.82, 2.24) is 13.6 Å². The van der Waals surface area contributed by atoms with E-state index in [-0.39, 0.29) is 17.8 Å². The summed E-state index contributed by atoms with van der Waals surface area (Å²) in [6, 6.07) is 4.85. The van der Waals surface area contributed by atoms with Gasteiger partial charge in [0, 0.05) is 18.5 Å². The van der Waals surface area contributed by atoms with Crippen LogP contribution in [0.5, 0.6) is 11.6 Å². The van der Waals surface area contributed by atoms with Crippen LogP contribution in [0.3, 0.4) is 0 Å². The van der Waals surface area contributed by atoms with Gasteiger partial charge < -0.3 is 14.4 Å². The summed E-state index contributed by atoms with van der Waals surface area (Å²) in [5.41, 5.74) is 0.292. The number of hydrogen-bond donors (Lipinski definition) is 0. The Kier molecular flexibility index (Phi) is 4.56. The summed E-state index contributed by atoms with van der Waals surface area (Å²) in [4.78, 5) is 14.0. The minimum atomic E-state index is -4.75. The minimum Gasteiger partial charge on any atom is -0.471 e. The Hall–Kier alpha value is -2.36. The van der Waals surface area contributed by atoms with Crippen molar-refractivity contribution in [3.63, 3.8) is 0 Å². The van der Waals surface area contributed by atoms with Crippen molar-refractivity contribution in [2.75, 3.05) is 13.1 Å². The van der Waals surface area contributed by atoms with Crippen molar-refractivity contribution in [3.8, 4) is 11.6 Å². The van der Waals surface area contributed by atoms with Gasteiger partial charge in [0.1, 0.15) is 18.1 Å². The molecule has 128 valence electrons. The van der Waals surface area contributed by atoms with Gasteiger partial charge in [-0.1, -0.05) is 0 Å². The topological polar surface area (TPSA) is 64.5 Å². The Morgan fingerprint density at radius 2 is 2.04 bits per heavy atom. The van der Waals surface area contributed by atoms with Gasteiger partial charge in [0.25, 0.3) is 5.91 Å². The zero-order valence-electron chi connectivity index (χ0n) is 12.2. The first kappa shape index (κ1) is 16.5. The molecular formula is C14H12F3N3O3S. The number of carbonyl (C=O) groups is 1. The van der Waals surface area contributed by atoms with Crippen molar-refractivity contribution in [3.05, 3.63) is 36.0 Å². The first-order valence-corrected chi connectivity index (χ1v) is 7.73. The smallest absolute Gasteiger partial charge is 0.471 e. The monoisotopic (exact) mass is 359 g/mol. The largest absolute Gasteiger partial charge is 0.573 e. The number of alkyl halides is 3. The number of hydrogen-bond acceptors (Lipinski definition) is 6. The maximum atomic E-state index is 12.4. The fourth-order valence-corrected chi connectivity index (χ4v) is 2.72. The van der Waals surface area contributed by atoms with E-state index in [1.165, 1.54) is 18.3 Å². The van der Waals surface area contributed by atoms with Crippen LogP contribution in [0, 0.1) is 0 Å². The molecule has 0 aliphatic carbocycles. The van der Waals surface area contributed by atoms with Crippen LogP contribution in [0.4, 0.5) is 13.2 Å². The van der Waals surface area contributed by atoms with Gasteiger partial charge in [0.05, 0.1) is 18.3 Å². The average molecular weight is 359 g/mol. The fraction of sp³-hybridized carbons (Fsp3) is 0.357. The Morgan fingerprint density at radius 1 is 1.29 bits per heavy atom. The Morgan fingerprint density at radius 3 is 2.67 bits per heavy atom. The first-order valence-electron chi connectivity index (χ1n) is 7.00. The lowest BCUT2D eigenvalue weighted by Gasteiger charge is -2.17. The highest BCUT2D eigenvalue weighted by molar-refractivity contribution is 6.99. The lowest BCUT2D eigenvalue weighted by atomic mass is 10.2. The Labute approximate surface area is 139 Å². The molecule has 2 heterocycles. The van der Waals surface area contributed by atoms with Crippen LogP contribution in [0.15, 0.2) is 30.5 Å². The SMILES string of the molecule is O=C(c1ccc(OC(F)(F)F)cc1)N1CCC(Oc2cnsn2)C1. The normalized spacial score (nSPS) is 17.8. The molecule has 1 unspecified atom stereocenters. The quantitative estimate of drug-likeness (QED) is 0.840. The van der Waals surface area contributed by atoms with E-state index in [4.69, 9.17) is 4.74 Å². The van der Waals surface area contributed by atoms with Gasteiger partial charge in [-0.3, -0.25) is 4.79 Å². The molecule has 1 atom stereocenters. The summed E-state index contributed by atoms with van der Waals surface area (Å²) >= 11 is 1.03. The van der Waals surface area contributed by atoms with Crippen molar-refractivity contribution in [1.29, 1.82) is 0 Å². The second-order valence-electron chi connectivity index (χ2n) is 5.10. The average Bonchev–Trinajstić information content (AvgIpc) is 3.18. The second kappa shape index (κ2) is 6.63. The molecule has 10 heteroatoms. The van der Waals surface area contributed by atoms with Crippen LogP contribution >= 0.6 is 11.7 Å². The van der Waals surface area contributed by atoms with Crippen molar-refractivity contribution in [2.24, 2.45) is 0 Å². The third-order valence-electron chi connectivity index (χ3n) is 3.40. The first-order chi connectivity index (χ1) is 11.4. The molecule has 1 saturated heterocycles. The minimum absolute atomic E-state index is 0.175. The summed E-state index contributed by atoms with van der Waals surface area (Å²) in [5.74, 6) is -0.207. The molecular weight excluding hydrogens is 347 g/mol. The van der Waals surface area contributed by atoms with Gasteiger partial charge in [-0.2, -0.15) is 4.37 Å². The fourth-order valence-electron chi connectivity index (χ4n) is 2.37. The van der Waals surface area contributed by atoms with Crippen LogP contribution in [-0.2, 0) is 0 Å². The lowest BCUT2D eigenvalue weighted by Crippen LogP contribution is -2.31. The van der Waals surface area contributed by atoms with Crippen LogP contribution in [0.1, 0.15) is 16.8 Å². The predicted molar refractivity (Wildman–Crippen MR) is 78.0 cm³/mol. The number of aromatic nitrogens is 2. The maximum absolute atomic E-state index is 12.4. The van der Waals surface area contributed by atoms with Gasteiger partial charge in [-0.25, -0.2) is 0 Å². The van der Waals surface area contributed by atoms with E-state index < -0.39 is 6.36 Å². The summed E-state index contributed by atoms with van der Waals surface area (Å²) in [5, 5.41) is 0. The molecule has 0 saturated carbocycles. The van der Waals surface area contributed by atoms with E-state index in [1.54, 1.807) is 4.90 Å². The molecule has 0 N–H and O–H groups in total. The zero-order chi connectivity index (χ0) is 17.2. The number of amides is 1. The molecule has 1 amide bonds. The van der Waals surface area contributed by atoms with Crippen LogP contribution in [-0.4, -0.2) is 45.1 Å². The molecule has 1 aliphatic heterocycles. The third kappa shape index (κ3) is 4.13. The number of nitrogens with zero attached hydrogens (tertiary/aromatic N) is 3. The molecule has 2 aromatic rings. The number of benzene rings is 1. The summed E-state index contributed by atoms with van der Waals surface area (Å²) in [6.07, 6.45) is -2.77. The van der Waals surface area contributed by atoms with Crippen molar-refractivity contribution < 1.29 is 27.4 Å². The molecule has 1 aromatic heterocycles. The van der Waals surface area contributed by atoms with E-state index in [1.807, 2.05) is 0 Å². The molecule has 3 rings (SSSR count). The number of ether oxygens (including phenoxy) is 2. The van der Waals surface area contributed by atoms with Crippen LogP contribution in [0.25, 0.3) is 0 Å². The molecule has 0 spiro atoms. The van der Waals surface area contributed by atoms with E-state index in [2.05, 4.69) is 13.5 Å². The Bertz CT molecular complexity index is 692. The van der Waals surface area contributed by atoms with Gasteiger partial charge in [-0.15, -0.1) is 17.5 Å². The van der Waals surface area contributed by atoms with Gasteiger partial charge in [0.2, 0.25) is 5.88 Å². The van der Waals surface area contributed by atoms with Crippen molar-refractivity contribution in [2.45, 2.75) is 18.9 Å². The van der Waals surface area contributed by atoms with Gasteiger partial charge in [-0.05, 0) is 24.3 Å². The maximum Gasteiger partial charge on any atom is 0.573 e. The molecule has 1 aliphatic rings. The molecule has 0 bridgehead atoms. The highest BCUT2D eigenvalue weighted by atomic mass is 32.1. The molecule has 24 heavy (non-hydrogen) atoms. The number of rotatable bonds is 4. The van der Waals surface area contributed by atoms with E-state index in [0.717, 1.165) is 23.9 Å². The van der Waals surface area contributed by atoms with Gasteiger partial charge in [0.15, 0.2) is 0 Å². The third-order valence-corrected chi connectivity index (χ3v) is 3.86.